The lowest BCUT2D eigenvalue weighted by molar-refractivity contribution is -0.137. The van der Waals surface area contributed by atoms with E-state index >= 15 is 4.39 Å². The highest BCUT2D eigenvalue weighted by atomic mass is 19.4. The molecule has 140 valence electrons. The van der Waals surface area contributed by atoms with Gasteiger partial charge in [-0.1, -0.05) is 50.2 Å². The van der Waals surface area contributed by atoms with Crippen LogP contribution in [0, 0.1) is 18.8 Å². The number of halogens is 4. The molecule has 0 radical (unpaired) electrons. The van der Waals surface area contributed by atoms with Gasteiger partial charge in [0.15, 0.2) is 0 Å². The van der Waals surface area contributed by atoms with E-state index in [1.165, 1.54) is 6.07 Å². The summed E-state index contributed by atoms with van der Waals surface area (Å²) in [6, 6.07) is 13.6. The summed E-state index contributed by atoms with van der Waals surface area (Å²) in [6.45, 7) is 5.69. The summed E-state index contributed by atoms with van der Waals surface area (Å²) in [7, 11) is 0. The molecule has 4 heteroatoms. The Kier molecular flexibility index (Phi) is 5.14. The zero-order chi connectivity index (χ0) is 19.1. The molecular weight excluding hydrogens is 340 g/mol. The van der Waals surface area contributed by atoms with Crippen molar-refractivity contribution in [3.63, 3.8) is 0 Å². The Morgan fingerprint density at radius 3 is 2.31 bits per heavy atom. The van der Waals surface area contributed by atoms with Crippen LogP contribution in [-0.4, -0.2) is 6.17 Å². The van der Waals surface area contributed by atoms with Gasteiger partial charge in [-0.2, -0.15) is 13.2 Å². The maximum absolute atomic E-state index is 15.1. The van der Waals surface area contributed by atoms with E-state index in [0.29, 0.717) is 12.0 Å². The molecule has 0 aromatic heterocycles. The average molecular weight is 364 g/mol. The first kappa shape index (κ1) is 18.9. The van der Waals surface area contributed by atoms with Gasteiger partial charge in [0.25, 0.3) is 0 Å². The molecule has 2 aromatic rings. The summed E-state index contributed by atoms with van der Waals surface area (Å²) in [4.78, 5) is 0. The summed E-state index contributed by atoms with van der Waals surface area (Å²) in [5, 5.41) is 0. The Balaban J connectivity index is 2.03. The fourth-order valence-corrected chi connectivity index (χ4v) is 4.39. The number of alkyl halides is 4. The van der Waals surface area contributed by atoms with Crippen LogP contribution >= 0.6 is 0 Å². The van der Waals surface area contributed by atoms with Crippen molar-refractivity contribution in [3.05, 3.63) is 70.8 Å². The number of hydrogen-bond acceptors (Lipinski definition) is 0. The summed E-state index contributed by atoms with van der Waals surface area (Å²) >= 11 is 0. The molecule has 1 saturated carbocycles. The fourth-order valence-electron chi connectivity index (χ4n) is 4.39. The van der Waals surface area contributed by atoms with Gasteiger partial charge in [-0.3, -0.25) is 0 Å². The third-order valence-electron chi connectivity index (χ3n) is 5.93. The average Bonchev–Trinajstić information content (AvgIpc) is 2.89. The zero-order valence-corrected chi connectivity index (χ0v) is 15.2. The third kappa shape index (κ3) is 3.51. The van der Waals surface area contributed by atoms with Crippen molar-refractivity contribution in [3.8, 4) is 0 Å². The van der Waals surface area contributed by atoms with Crippen LogP contribution in [0.15, 0.2) is 48.5 Å². The van der Waals surface area contributed by atoms with Crippen molar-refractivity contribution in [2.45, 2.75) is 51.4 Å². The molecule has 0 spiro atoms. The first-order chi connectivity index (χ1) is 12.2. The van der Waals surface area contributed by atoms with Crippen molar-refractivity contribution in [1.82, 2.24) is 0 Å². The summed E-state index contributed by atoms with van der Waals surface area (Å²) in [5.41, 5.74) is 1.64. The van der Waals surface area contributed by atoms with Crippen LogP contribution in [0.3, 0.4) is 0 Å². The van der Waals surface area contributed by atoms with Crippen LogP contribution < -0.4 is 0 Å². The van der Waals surface area contributed by atoms with Crippen molar-refractivity contribution in [2.75, 3.05) is 0 Å². The van der Waals surface area contributed by atoms with Gasteiger partial charge in [-0.25, -0.2) is 4.39 Å². The molecule has 0 N–H and O–H groups in total. The van der Waals surface area contributed by atoms with Gasteiger partial charge >= 0.3 is 6.18 Å². The Morgan fingerprint density at radius 1 is 1.04 bits per heavy atom. The van der Waals surface area contributed by atoms with E-state index < -0.39 is 23.8 Å². The van der Waals surface area contributed by atoms with Crippen molar-refractivity contribution in [1.29, 1.82) is 0 Å². The lowest BCUT2D eigenvalue weighted by atomic mass is 9.76. The zero-order valence-electron chi connectivity index (χ0n) is 15.2. The minimum atomic E-state index is -4.42. The minimum absolute atomic E-state index is 0.0235. The molecular formula is C22H24F4. The first-order valence-corrected chi connectivity index (χ1v) is 9.07. The van der Waals surface area contributed by atoms with E-state index in [4.69, 9.17) is 0 Å². The predicted molar refractivity (Wildman–Crippen MR) is 95.9 cm³/mol. The molecule has 0 amide bonds. The topological polar surface area (TPSA) is 0 Å². The van der Waals surface area contributed by atoms with Gasteiger partial charge in [0.05, 0.1) is 5.56 Å². The normalized spacial score (nSPS) is 27.5. The molecule has 0 aliphatic heterocycles. The third-order valence-corrected chi connectivity index (χ3v) is 5.93. The van der Waals surface area contributed by atoms with Gasteiger partial charge in [-0.15, -0.1) is 0 Å². The maximum Gasteiger partial charge on any atom is 0.416 e. The summed E-state index contributed by atoms with van der Waals surface area (Å²) in [5.74, 6) is -0.615. The van der Waals surface area contributed by atoms with E-state index in [-0.39, 0.29) is 17.8 Å². The molecule has 2 aromatic carbocycles. The van der Waals surface area contributed by atoms with Crippen LogP contribution in [0.25, 0.3) is 0 Å². The van der Waals surface area contributed by atoms with Gasteiger partial charge in [0, 0.05) is 5.92 Å². The van der Waals surface area contributed by atoms with Crippen molar-refractivity contribution < 1.29 is 17.6 Å². The highest BCUT2D eigenvalue weighted by molar-refractivity contribution is 5.38. The second-order valence-electron chi connectivity index (χ2n) is 7.62. The van der Waals surface area contributed by atoms with E-state index in [0.717, 1.165) is 23.3 Å². The quantitative estimate of drug-likeness (QED) is 0.520. The number of aryl methyl sites for hydroxylation is 1. The maximum atomic E-state index is 15.1. The van der Waals surface area contributed by atoms with Crippen LogP contribution in [0.1, 0.15) is 54.4 Å². The second kappa shape index (κ2) is 7.05. The van der Waals surface area contributed by atoms with Gasteiger partial charge in [-0.05, 0) is 59.9 Å². The van der Waals surface area contributed by atoms with E-state index in [9.17, 15) is 13.2 Å². The molecule has 5 unspecified atom stereocenters. The Hall–Kier alpha value is -1.84. The lowest BCUT2D eigenvalue weighted by Crippen LogP contribution is -2.21. The molecule has 5 atom stereocenters. The van der Waals surface area contributed by atoms with Gasteiger partial charge in [0.2, 0.25) is 0 Å². The highest BCUT2D eigenvalue weighted by Crippen LogP contribution is 2.52. The fraction of sp³-hybridized carbons (Fsp3) is 0.455. The second-order valence-corrected chi connectivity index (χ2v) is 7.62. The molecule has 0 bridgehead atoms. The SMILES string of the molecule is Cc1ccc(C(F)(F)F)cc1C1C(F)C(C)CC1C(C)c1ccccc1. The summed E-state index contributed by atoms with van der Waals surface area (Å²) in [6.07, 6.45) is -4.87. The molecule has 26 heavy (non-hydrogen) atoms. The van der Waals surface area contributed by atoms with E-state index in [1.54, 1.807) is 6.92 Å². The Morgan fingerprint density at radius 2 is 1.69 bits per heavy atom. The number of hydrogen-bond donors (Lipinski definition) is 0. The van der Waals surface area contributed by atoms with Crippen molar-refractivity contribution >= 4 is 0 Å². The van der Waals surface area contributed by atoms with E-state index in [2.05, 4.69) is 6.92 Å². The predicted octanol–water partition coefficient (Wildman–Crippen LogP) is 6.90. The monoisotopic (exact) mass is 364 g/mol. The lowest BCUT2D eigenvalue weighted by Gasteiger charge is -2.29. The van der Waals surface area contributed by atoms with Crippen LogP contribution in [0.5, 0.6) is 0 Å². The minimum Gasteiger partial charge on any atom is -0.247 e. The first-order valence-electron chi connectivity index (χ1n) is 9.07. The smallest absolute Gasteiger partial charge is 0.247 e. The molecule has 1 aliphatic rings. The molecule has 1 aliphatic carbocycles. The molecule has 0 nitrogen and oxygen atoms in total. The highest BCUT2D eigenvalue weighted by Gasteiger charge is 2.46. The van der Waals surface area contributed by atoms with Gasteiger partial charge in [0.1, 0.15) is 6.17 Å². The van der Waals surface area contributed by atoms with Gasteiger partial charge < -0.3 is 0 Å². The largest absolute Gasteiger partial charge is 0.416 e. The molecule has 1 fully saturated rings. The number of benzene rings is 2. The molecule has 3 rings (SSSR count). The molecule has 0 heterocycles. The van der Waals surface area contributed by atoms with Crippen LogP contribution in [-0.2, 0) is 6.18 Å². The number of rotatable bonds is 3. The van der Waals surface area contributed by atoms with E-state index in [1.807, 2.05) is 37.3 Å². The van der Waals surface area contributed by atoms with Crippen LogP contribution in [0.2, 0.25) is 0 Å². The Labute approximate surface area is 152 Å². The summed E-state index contributed by atoms with van der Waals surface area (Å²) < 4.78 is 54.7. The van der Waals surface area contributed by atoms with Crippen molar-refractivity contribution in [2.24, 2.45) is 11.8 Å². The van der Waals surface area contributed by atoms with Crippen LogP contribution in [0.4, 0.5) is 17.6 Å². The molecule has 0 saturated heterocycles. The Bertz CT molecular complexity index is 750. The standard InChI is InChI=1S/C22H24F4/c1-13-9-10-17(22(24,25)26)12-18(13)20-19(11-14(2)21(20)23)15(3)16-7-5-4-6-8-16/h4-10,12,14-15,19-21H,11H2,1-3H3.